The Labute approximate surface area is 90.9 Å². The first-order valence-electron chi connectivity index (χ1n) is 3.58. The van der Waals surface area contributed by atoms with Crippen LogP contribution >= 0.6 is 28.3 Å². The van der Waals surface area contributed by atoms with Crippen molar-refractivity contribution >= 4 is 39.4 Å². The lowest BCUT2D eigenvalue weighted by Crippen LogP contribution is -2.07. The van der Waals surface area contributed by atoms with Crippen LogP contribution in [-0.4, -0.2) is 17.6 Å². The molecule has 0 radical (unpaired) electrons. The predicted octanol–water partition coefficient (Wildman–Crippen LogP) is 1.41. The molecule has 1 aromatic rings. The fourth-order valence-electron chi connectivity index (χ4n) is 0.764. The van der Waals surface area contributed by atoms with Crippen LogP contribution in [0.4, 0.5) is 5.13 Å². The highest BCUT2D eigenvalue weighted by Crippen LogP contribution is 2.11. The van der Waals surface area contributed by atoms with E-state index in [0.717, 1.165) is 0 Å². The Bertz CT molecular complexity index is 277. The third-order valence-corrected chi connectivity index (χ3v) is 1.92. The van der Waals surface area contributed by atoms with Gasteiger partial charge in [0, 0.05) is 5.38 Å². The number of nitrogen functional groups attached to an aromatic ring is 1. The quantitative estimate of drug-likeness (QED) is 0.841. The summed E-state index contributed by atoms with van der Waals surface area (Å²) < 4.78 is 4.74. The van der Waals surface area contributed by atoms with Crippen LogP contribution in [0.3, 0.4) is 0 Å². The van der Waals surface area contributed by atoms with E-state index in [1.54, 1.807) is 12.3 Å². The van der Waals surface area contributed by atoms with E-state index in [9.17, 15) is 4.79 Å². The van der Waals surface area contributed by atoms with E-state index in [4.69, 9.17) is 10.5 Å². The van der Waals surface area contributed by atoms with E-state index in [0.29, 0.717) is 17.4 Å². The maximum Gasteiger partial charge on any atom is 0.311 e. The monoisotopic (exact) mass is 266 g/mol. The van der Waals surface area contributed by atoms with E-state index < -0.39 is 0 Å². The highest BCUT2D eigenvalue weighted by atomic mass is 79.9. The largest absolute Gasteiger partial charge is 0.466 e. The summed E-state index contributed by atoms with van der Waals surface area (Å²) in [6, 6.07) is 0. The molecule has 0 unspecified atom stereocenters. The number of carbonyl (C=O) groups is 1. The number of rotatable bonds is 3. The number of halogens is 1. The summed E-state index contributed by atoms with van der Waals surface area (Å²) in [7, 11) is 0. The SMILES string of the molecule is Br.CCOC(=O)Cc1csc(N)n1. The van der Waals surface area contributed by atoms with E-state index in [2.05, 4.69) is 4.98 Å². The molecule has 6 heteroatoms. The summed E-state index contributed by atoms with van der Waals surface area (Å²) in [4.78, 5) is 14.9. The zero-order chi connectivity index (χ0) is 8.97. The first-order chi connectivity index (χ1) is 5.72. The van der Waals surface area contributed by atoms with Gasteiger partial charge in [0.05, 0.1) is 18.7 Å². The van der Waals surface area contributed by atoms with Gasteiger partial charge < -0.3 is 10.5 Å². The molecule has 13 heavy (non-hydrogen) atoms. The number of aromatic nitrogens is 1. The van der Waals surface area contributed by atoms with Crippen molar-refractivity contribution in [1.29, 1.82) is 0 Å². The lowest BCUT2D eigenvalue weighted by Gasteiger charge is -1.97. The highest BCUT2D eigenvalue weighted by molar-refractivity contribution is 8.93. The first kappa shape index (κ1) is 12.4. The second-order valence-corrected chi connectivity index (χ2v) is 3.05. The van der Waals surface area contributed by atoms with Crippen molar-refractivity contribution in [3.8, 4) is 0 Å². The molecule has 1 heterocycles. The van der Waals surface area contributed by atoms with E-state index >= 15 is 0 Å². The van der Waals surface area contributed by atoms with Crippen molar-refractivity contribution in [2.75, 3.05) is 12.3 Å². The molecule has 0 saturated heterocycles. The number of anilines is 1. The Morgan fingerprint density at radius 3 is 2.92 bits per heavy atom. The number of carbonyl (C=O) groups excluding carboxylic acids is 1. The molecular formula is C7H11BrN2O2S. The molecule has 1 rings (SSSR count). The molecule has 0 aliphatic rings. The average Bonchev–Trinajstić information content (AvgIpc) is 2.36. The van der Waals surface area contributed by atoms with Gasteiger partial charge in [0.15, 0.2) is 5.13 Å². The van der Waals surface area contributed by atoms with Crippen LogP contribution in [0.15, 0.2) is 5.38 Å². The van der Waals surface area contributed by atoms with Crippen molar-refractivity contribution in [2.45, 2.75) is 13.3 Å². The Morgan fingerprint density at radius 2 is 2.46 bits per heavy atom. The third-order valence-electron chi connectivity index (χ3n) is 1.20. The van der Waals surface area contributed by atoms with Crippen LogP contribution in [0.25, 0.3) is 0 Å². The normalized spacial score (nSPS) is 9.00. The lowest BCUT2D eigenvalue weighted by atomic mass is 10.3. The summed E-state index contributed by atoms with van der Waals surface area (Å²) in [6.07, 6.45) is 0.210. The molecule has 74 valence electrons. The lowest BCUT2D eigenvalue weighted by molar-refractivity contribution is -0.142. The third kappa shape index (κ3) is 4.23. The zero-order valence-corrected chi connectivity index (χ0v) is 9.68. The summed E-state index contributed by atoms with van der Waals surface area (Å²) in [5, 5.41) is 2.24. The molecule has 0 fully saturated rings. The molecule has 2 N–H and O–H groups in total. The van der Waals surface area contributed by atoms with Crippen molar-refractivity contribution in [3.63, 3.8) is 0 Å². The average molecular weight is 267 g/mol. The molecule has 0 atom stereocenters. The van der Waals surface area contributed by atoms with Gasteiger partial charge in [-0.1, -0.05) is 0 Å². The molecule has 4 nitrogen and oxygen atoms in total. The van der Waals surface area contributed by atoms with Crippen LogP contribution in [0.5, 0.6) is 0 Å². The van der Waals surface area contributed by atoms with Gasteiger partial charge in [-0.15, -0.1) is 28.3 Å². The predicted molar refractivity (Wildman–Crippen MR) is 57.2 cm³/mol. The molecule has 0 saturated carbocycles. The van der Waals surface area contributed by atoms with Crippen molar-refractivity contribution in [2.24, 2.45) is 0 Å². The molecular weight excluding hydrogens is 256 g/mol. The summed E-state index contributed by atoms with van der Waals surface area (Å²) >= 11 is 1.32. The number of nitrogens with two attached hydrogens (primary N) is 1. The summed E-state index contributed by atoms with van der Waals surface area (Å²) in [5.41, 5.74) is 6.06. The number of thiazole rings is 1. The maximum absolute atomic E-state index is 10.9. The van der Waals surface area contributed by atoms with Crippen LogP contribution in [0, 0.1) is 0 Å². The van der Waals surface area contributed by atoms with Gasteiger partial charge in [-0.05, 0) is 6.92 Å². The van der Waals surface area contributed by atoms with Gasteiger partial charge >= 0.3 is 5.97 Å². The molecule has 0 aliphatic carbocycles. The Morgan fingerprint density at radius 1 is 1.77 bits per heavy atom. The number of nitrogens with zero attached hydrogens (tertiary/aromatic N) is 1. The molecule has 0 amide bonds. The van der Waals surface area contributed by atoms with Gasteiger partial charge in [-0.3, -0.25) is 4.79 Å². The Kier molecular flexibility index (Phi) is 5.65. The van der Waals surface area contributed by atoms with E-state index in [1.165, 1.54) is 11.3 Å². The molecule has 0 aliphatic heterocycles. The minimum absolute atomic E-state index is 0. The summed E-state index contributed by atoms with van der Waals surface area (Å²) in [6.45, 7) is 2.17. The van der Waals surface area contributed by atoms with Gasteiger partial charge in [0.25, 0.3) is 0 Å². The fourth-order valence-corrected chi connectivity index (χ4v) is 1.33. The van der Waals surface area contributed by atoms with Crippen LogP contribution in [0.1, 0.15) is 12.6 Å². The number of esters is 1. The number of hydrogen-bond acceptors (Lipinski definition) is 5. The van der Waals surface area contributed by atoms with E-state index in [1.807, 2.05) is 0 Å². The second kappa shape index (κ2) is 5.93. The topological polar surface area (TPSA) is 65.2 Å². The van der Waals surface area contributed by atoms with E-state index in [-0.39, 0.29) is 29.4 Å². The molecule has 0 bridgehead atoms. The fraction of sp³-hybridized carbons (Fsp3) is 0.429. The molecule has 0 spiro atoms. The maximum atomic E-state index is 10.9. The van der Waals surface area contributed by atoms with Gasteiger partial charge in [0.2, 0.25) is 0 Å². The minimum atomic E-state index is -0.261. The van der Waals surface area contributed by atoms with Crippen LogP contribution in [-0.2, 0) is 16.0 Å². The highest BCUT2D eigenvalue weighted by Gasteiger charge is 2.06. The smallest absolute Gasteiger partial charge is 0.311 e. The Hall–Kier alpha value is -0.620. The summed E-state index contributed by atoms with van der Waals surface area (Å²) in [5.74, 6) is -0.261. The zero-order valence-electron chi connectivity index (χ0n) is 7.15. The van der Waals surface area contributed by atoms with Crippen molar-refractivity contribution in [3.05, 3.63) is 11.1 Å². The minimum Gasteiger partial charge on any atom is -0.466 e. The standard InChI is InChI=1S/C7H10N2O2S.BrH/c1-2-11-6(10)3-5-4-12-7(8)9-5;/h4H,2-3H2,1H3,(H2,8,9);1H. The van der Waals surface area contributed by atoms with Gasteiger partial charge in [-0.2, -0.15) is 0 Å². The number of ether oxygens (including phenoxy) is 1. The number of hydrogen-bond donors (Lipinski definition) is 1. The molecule has 0 aromatic carbocycles. The molecule has 1 aromatic heterocycles. The van der Waals surface area contributed by atoms with Crippen molar-refractivity contribution in [1.82, 2.24) is 4.98 Å². The Balaban J connectivity index is 0.00000144. The first-order valence-corrected chi connectivity index (χ1v) is 4.46. The second-order valence-electron chi connectivity index (χ2n) is 2.16. The van der Waals surface area contributed by atoms with Crippen LogP contribution < -0.4 is 5.73 Å². The van der Waals surface area contributed by atoms with Gasteiger partial charge in [-0.25, -0.2) is 4.98 Å². The van der Waals surface area contributed by atoms with Crippen LogP contribution in [0.2, 0.25) is 0 Å². The van der Waals surface area contributed by atoms with Crippen molar-refractivity contribution < 1.29 is 9.53 Å². The van der Waals surface area contributed by atoms with Gasteiger partial charge in [0.1, 0.15) is 0 Å².